The Kier molecular flexibility index (Phi) is 13.1. The number of quaternary nitrogens is 1. The summed E-state index contributed by atoms with van der Waals surface area (Å²) in [5.41, 5.74) is 0. The number of unbranched alkanes of at least 4 members (excludes halogenated alkanes) is 8. The van der Waals surface area contributed by atoms with Crippen LogP contribution < -0.4 is 0 Å². The molecule has 1 rings (SSSR count). The molecule has 0 unspecified atom stereocenters. The summed E-state index contributed by atoms with van der Waals surface area (Å²) in [5, 5.41) is 6.25. The van der Waals surface area contributed by atoms with E-state index in [2.05, 4.69) is 14.0 Å². The maximum absolute atomic E-state index is 6.25. The van der Waals surface area contributed by atoms with E-state index in [1.165, 1.54) is 101 Å². The number of hydrogen-bond acceptors (Lipinski definition) is 1. The second-order valence-electron chi connectivity index (χ2n) is 6.68. The monoisotopic (exact) mass is 280 g/mol. The zero-order valence-electron chi connectivity index (χ0n) is 14.0. The van der Waals surface area contributed by atoms with Gasteiger partial charge in [0.15, 0.2) is 0 Å². The van der Waals surface area contributed by atoms with Gasteiger partial charge in [-0.05, 0) is 32.1 Å². The highest BCUT2D eigenvalue weighted by molar-refractivity contribution is 4.53. The van der Waals surface area contributed by atoms with Crippen molar-refractivity contribution in [3.8, 4) is 0 Å². The Hall–Kier alpha value is -0.550. The molecule has 1 aliphatic heterocycles. The quantitative estimate of drug-likeness (QED) is 0.305. The summed E-state index contributed by atoms with van der Waals surface area (Å²) in [4.78, 5) is 0. The molecule has 0 atom stereocenters. The van der Waals surface area contributed by atoms with E-state index >= 15 is 0 Å². The van der Waals surface area contributed by atoms with E-state index in [4.69, 9.17) is 11.8 Å². The molecule has 0 aromatic carbocycles. The predicted molar refractivity (Wildman–Crippen MR) is 86.8 cm³/mol. The Balaban J connectivity index is 0.00000172. The third kappa shape index (κ3) is 10.3. The molecule has 0 bridgehead atoms. The van der Waals surface area contributed by atoms with Gasteiger partial charge in [0.05, 0.1) is 26.7 Å². The van der Waals surface area contributed by atoms with Crippen LogP contribution in [0, 0.1) is 11.8 Å². The normalized spacial score (nSPS) is 17.2. The minimum absolute atomic E-state index is 1.37. The van der Waals surface area contributed by atoms with Crippen LogP contribution in [0.5, 0.6) is 0 Å². The van der Waals surface area contributed by atoms with Crippen molar-refractivity contribution in [3.63, 3.8) is 0 Å². The fraction of sp³-hybridized carbons (Fsp3) is 0.944. The van der Waals surface area contributed by atoms with E-state index in [1.54, 1.807) is 0 Å². The minimum atomic E-state index is 1.37. The molecule has 1 heterocycles. The summed E-state index contributed by atoms with van der Waals surface area (Å²) < 4.78 is 1.37. The fourth-order valence-electron chi connectivity index (χ4n) is 3.30. The SMILES string of the molecule is CCCCCCCCCCC[N+]1(C)CCCCC1.[C-]#N. The van der Waals surface area contributed by atoms with Gasteiger partial charge >= 0.3 is 0 Å². The molecular formula is C18H36N2. The largest absolute Gasteiger partial charge is 0.512 e. The van der Waals surface area contributed by atoms with E-state index in [-0.39, 0.29) is 0 Å². The van der Waals surface area contributed by atoms with E-state index in [1.807, 2.05) is 0 Å². The van der Waals surface area contributed by atoms with Crippen LogP contribution >= 0.6 is 0 Å². The molecule has 20 heavy (non-hydrogen) atoms. The highest BCUT2D eigenvalue weighted by atomic mass is 15.3. The first-order valence-electron chi connectivity index (χ1n) is 8.83. The molecule has 0 aromatic rings. The standard InChI is InChI=1S/C17H36N.CN/c1-3-4-5-6-7-8-9-10-12-15-18(2)16-13-11-14-17-18;1-2/h3-17H2,1-2H3;/q+1;-1. The molecule has 1 saturated heterocycles. The third-order valence-electron chi connectivity index (χ3n) is 4.70. The van der Waals surface area contributed by atoms with Crippen molar-refractivity contribution in [1.82, 2.24) is 0 Å². The molecule has 0 saturated carbocycles. The van der Waals surface area contributed by atoms with Gasteiger partial charge in [-0.2, -0.15) is 0 Å². The fourth-order valence-corrected chi connectivity index (χ4v) is 3.30. The number of piperidine rings is 1. The van der Waals surface area contributed by atoms with E-state index in [0.29, 0.717) is 0 Å². The summed E-state index contributed by atoms with van der Waals surface area (Å²) in [6, 6.07) is 0. The molecule has 0 amide bonds. The van der Waals surface area contributed by atoms with Crippen LogP contribution in [0.25, 0.3) is 0 Å². The summed E-state index contributed by atoms with van der Waals surface area (Å²) >= 11 is 0. The first-order chi connectivity index (χ1) is 9.77. The molecule has 2 nitrogen and oxygen atoms in total. The van der Waals surface area contributed by atoms with Gasteiger partial charge in [0.25, 0.3) is 0 Å². The first kappa shape index (κ1) is 19.4. The van der Waals surface area contributed by atoms with Gasteiger partial charge in [-0.1, -0.05) is 51.9 Å². The maximum atomic E-state index is 6.25. The van der Waals surface area contributed by atoms with Crippen molar-refractivity contribution in [2.75, 3.05) is 26.7 Å². The molecule has 1 aliphatic rings. The van der Waals surface area contributed by atoms with Crippen LogP contribution in [-0.4, -0.2) is 31.2 Å². The lowest BCUT2D eigenvalue weighted by molar-refractivity contribution is -0.914. The van der Waals surface area contributed by atoms with Crippen LogP contribution in [-0.2, 0) is 0 Å². The number of rotatable bonds is 10. The van der Waals surface area contributed by atoms with Crippen molar-refractivity contribution < 1.29 is 4.48 Å². The highest BCUT2D eigenvalue weighted by Crippen LogP contribution is 2.18. The van der Waals surface area contributed by atoms with Crippen molar-refractivity contribution >= 4 is 0 Å². The van der Waals surface area contributed by atoms with Gasteiger partial charge in [-0.25, -0.2) is 0 Å². The Labute approximate surface area is 127 Å². The van der Waals surface area contributed by atoms with Crippen LogP contribution in [0.15, 0.2) is 0 Å². The summed E-state index contributed by atoms with van der Waals surface area (Å²) in [6.07, 6.45) is 17.5. The Morgan fingerprint density at radius 3 is 1.70 bits per heavy atom. The third-order valence-corrected chi connectivity index (χ3v) is 4.70. The summed E-state index contributed by atoms with van der Waals surface area (Å²) in [5.74, 6) is 0. The minimum Gasteiger partial charge on any atom is -0.512 e. The average Bonchev–Trinajstić information content (AvgIpc) is 2.48. The molecule has 0 radical (unpaired) electrons. The smallest absolute Gasteiger partial charge is 0.0784 e. The summed E-state index contributed by atoms with van der Waals surface area (Å²) in [6.45, 7) is 11.4. The van der Waals surface area contributed by atoms with Crippen LogP contribution in [0.3, 0.4) is 0 Å². The van der Waals surface area contributed by atoms with Crippen molar-refractivity contribution in [1.29, 1.82) is 5.26 Å². The second-order valence-corrected chi connectivity index (χ2v) is 6.68. The zero-order chi connectivity index (χ0) is 15.1. The molecule has 1 fully saturated rings. The van der Waals surface area contributed by atoms with Crippen LogP contribution in [0.1, 0.15) is 84.0 Å². The number of nitrogens with zero attached hydrogens (tertiary/aromatic N) is 2. The van der Waals surface area contributed by atoms with Crippen molar-refractivity contribution in [2.24, 2.45) is 0 Å². The van der Waals surface area contributed by atoms with Gasteiger partial charge in [0.2, 0.25) is 0 Å². The topological polar surface area (TPSA) is 23.8 Å². The second kappa shape index (κ2) is 13.4. The molecule has 2 heteroatoms. The van der Waals surface area contributed by atoms with Crippen molar-refractivity contribution in [3.05, 3.63) is 6.57 Å². The lowest BCUT2D eigenvalue weighted by Crippen LogP contribution is -2.48. The van der Waals surface area contributed by atoms with Gasteiger partial charge in [-0.15, -0.1) is 0 Å². The van der Waals surface area contributed by atoms with E-state index in [0.717, 1.165) is 0 Å². The average molecular weight is 280 g/mol. The Bertz CT molecular complexity index is 217. The Morgan fingerprint density at radius 2 is 1.20 bits per heavy atom. The molecule has 118 valence electrons. The Morgan fingerprint density at radius 1 is 0.750 bits per heavy atom. The lowest BCUT2D eigenvalue weighted by Gasteiger charge is -2.37. The lowest BCUT2D eigenvalue weighted by atomic mass is 10.1. The van der Waals surface area contributed by atoms with Crippen molar-refractivity contribution in [2.45, 2.75) is 84.0 Å². The van der Waals surface area contributed by atoms with Crippen LogP contribution in [0.4, 0.5) is 0 Å². The van der Waals surface area contributed by atoms with E-state index in [9.17, 15) is 0 Å². The van der Waals surface area contributed by atoms with Crippen LogP contribution in [0.2, 0.25) is 0 Å². The highest BCUT2D eigenvalue weighted by Gasteiger charge is 2.23. The number of likely N-dealkylation sites (tertiary alicyclic amines) is 1. The zero-order valence-corrected chi connectivity index (χ0v) is 14.0. The van der Waals surface area contributed by atoms with Gasteiger partial charge < -0.3 is 16.3 Å². The van der Waals surface area contributed by atoms with E-state index < -0.39 is 0 Å². The first-order valence-corrected chi connectivity index (χ1v) is 8.83. The molecule has 0 aromatic heterocycles. The molecule has 0 aliphatic carbocycles. The molecule has 0 N–H and O–H groups in total. The van der Waals surface area contributed by atoms with Gasteiger partial charge in [0.1, 0.15) is 0 Å². The van der Waals surface area contributed by atoms with Gasteiger partial charge in [-0.3, -0.25) is 0 Å². The number of hydrogen-bond donors (Lipinski definition) is 0. The molecular weight excluding hydrogens is 244 g/mol. The maximum Gasteiger partial charge on any atom is 0.0784 e. The van der Waals surface area contributed by atoms with Gasteiger partial charge in [0, 0.05) is 0 Å². The molecule has 0 spiro atoms. The summed E-state index contributed by atoms with van der Waals surface area (Å²) in [7, 11) is 2.48. The predicted octanol–water partition coefficient (Wildman–Crippen LogP) is 5.24.